The van der Waals surface area contributed by atoms with Crippen molar-refractivity contribution in [3.05, 3.63) is 89.2 Å². The van der Waals surface area contributed by atoms with Crippen molar-refractivity contribution in [2.45, 2.75) is 6.61 Å². The van der Waals surface area contributed by atoms with Gasteiger partial charge in [0.1, 0.15) is 18.2 Å². The molecule has 3 rings (SSSR count). The molecule has 0 heterocycles. The third-order valence-electron chi connectivity index (χ3n) is 3.54. The predicted octanol–water partition coefficient (Wildman–Crippen LogP) is 5.87. The van der Waals surface area contributed by atoms with E-state index in [-0.39, 0.29) is 5.02 Å². The van der Waals surface area contributed by atoms with Crippen LogP contribution in [-0.2, 0) is 6.61 Å². The van der Waals surface area contributed by atoms with Crippen LogP contribution in [0.25, 0.3) is 0 Å². The molecule has 0 aliphatic rings. The molecule has 0 aliphatic heterocycles. The Kier molecular flexibility index (Phi) is 6.04. The van der Waals surface area contributed by atoms with Crippen molar-refractivity contribution in [1.82, 2.24) is 0 Å². The second-order valence-corrected chi connectivity index (χ2v) is 6.32. The molecule has 0 aliphatic carbocycles. The van der Waals surface area contributed by atoms with Crippen LogP contribution in [0, 0.1) is 5.82 Å². The van der Waals surface area contributed by atoms with Crippen LogP contribution < -0.4 is 15.4 Å². The van der Waals surface area contributed by atoms with E-state index in [1.807, 2.05) is 54.6 Å². The zero-order chi connectivity index (χ0) is 18.4. The molecule has 0 saturated carbocycles. The summed E-state index contributed by atoms with van der Waals surface area (Å²) in [6.07, 6.45) is 0. The van der Waals surface area contributed by atoms with Gasteiger partial charge in [0, 0.05) is 11.4 Å². The molecule has 0 fully saturated rings. The molecular weight excluding hydrogens is 371 g/mol. The van der Waals surface area contributed by atoms with Gasteiger partial charge in [-0.15, -0.1) is 0 Å². The van der Waals surface area contributed by atoms with Crippen LogP contribution in [0.15, 0.2) is 72.8 Å². The summed E-state index contributed by atoms with van der Waals surface area (Å²) < 4.78 is 18.9. The highest BCUT2D eigenvalue weighted by atomic mass is 35.5. The van der Waals surface area contributed by atoms with Gasteiger partial charge in [0.25, 0.3) is 0 Å². The third-order valence-corrected chi connectivity index (χ3v) is 4.03. The Morgan fingerprint density at radius 3 is 2.27 bits per heavy atom. The van der Waals surface area contributed by atoms with E-state index >= 15 is 0 Å². The van der Waals surface area contributed by atoms with E-state index in [0.717, 1.165) is 17.0 Å². The standard InChI is InChI=1S/C20H16ClFN2OS/c21-18-12-16(8-11-19(18)22)24-20(26)23-15-6-9-17(10-7-15)25-13-14-4-2-1-3-5-14/h1-12H,13H2,(H2,23,24,26). The summed E-state index contributed by atoms with van der Waals surface area (Å²) in [4.78, 5) is 0. The maximum absolute atomic E-state index is 13.2. The number of anilines is 2. The Morgan fingerprint density at radius 2 is 1.58 bits per heavy atom. The summed E-state index contributed by atoms with van der Waals surface area (Å²) >= 11 is 11.0. The minimum absolute atomic E-state index is 0.0396. The molecule has 26 heavy (non-hydrogen) atoms. The monoisotopic (exact) mass is 386 g/mol. The molecular formula is C20H16ClFN2OS. The van der Waals surface area contributed by atoms with Crippen molar-refractivity contribution >= 4 is 40.3 Å². The van der Waals surface area contributed by atoms with Crippen molar-refractivity contribution < 1.29 is 9.13 Å². The van der Waals surface area contributed by atoms with Crippen LogP contribution in [0.5, 0.6) is 5.75 Å². The van der Waals surface area contributed by atoms with Crippen molar-refractivity contribution in [2.75, 3.05) is 10.6 Å². The van der Waals surface area contributed by atoms with Crippen LogP contribution in [0.1, 0.15) is 5.56 Å². The van der Waals surface area contributed by atoms with Crippen molar-refractivity contribution in [3.63, 3.8) is 0 Å². The maximum Gasteiger partial charge on any atom is 0.175 e. The summed E-state index contributed by atoms with van der Waals surface area (Å²) in [5.74, 6) is 0.297. The van der Waals surface area contributed by atoms with Crippen LogP contribution in [0.2, 0.25) is 5.02 Å². The first kappa shape index (κ1) is 18.2. The van der Waals surface area contributed by atoms with E-state index in [1.165, 1.54) is 12.1 Å². The van der Waals surface area contributed by atoms with Gasteiger partial charge in [-0.2, -0.15) is 0 Å². The number of hydrogen-bond acceptors (Lipinski definition) is 2. The third kappa shape index (κ3) is 5.18. The maximum atomic E-state index is 13.2. The summed E-state index contributed by atoms with van der Waals surface area (Å²) in [7, 11) is 0. The molecule has 3 aromatic rings. The molecule has 0 saturated heterocycles. The molecule has 132 valence electrons. The Hall–Kier alpha value is -2.63. The Balaban J connectivity index is 1.53. The largest absolute Gasteiger partial charge is 0.489 e. The molecule has 0 atom stereocenters. The lowest BCUT2D eigenvalue weighted by molar-refractivity contribution is 0.306. The highest BCUT2D eigenvalue weighted by Gasteiger charge is 2.04. The summed E-state index contributed by atoms with van der Waals surface area (Å²) in [5.41, 5.74) is 2.53. The Morgan fingerprint density at radius 1 is 0.923 bits per heavy atom. The highest BCUT2D eigenvalue weighted by molar-refractivity contribution is 7.80. The molecule has 0 unspecified atom stereocenters. The minimum atomic E-state index is -0.470. The number of hydrogen-bond donors (Lipinski definition) is 2. The SMILES string of the molecule is Fc1ccc(NC(=S)Nc2ccc(OCc3ccccc3)cc2)cc1Cl. The van der Waals surface area contributed by atoms with Gasteiger partial charge in [0.05, 0.1) is 5.02 Å². The fraction of sp³-hybridized carbons (Fsp3) is 0.0500. The van der Waals surface area contributed by atoms with Gasteiger partial charge in [-0.25, -0.2) is 4.39 Å². The van der Waals surface area contributed by atoms with Crippen molar-refractivity contribution in [2.24, 2.45) is 0 Å². The smallest absolute Gasteiger partial charge is 0.175 e. The van der Waals surface area contributed by atoms with Gasteiger partial charge < -0.3 is 15.4 Å². The Labute approximate surface area is 161 Å². The quantitative estimate of drug-likeness (QED) is 0.537. The van der Waals surface area contributed by atoms with Gasteiger partial charge in [-0.3, -0.25) is 0 Å². The van der Waals surface area contributed by atoms with Gasteiger partial charge >= 0.3 is 0 Å². The average Bonchev–Trinajstić information content (AvgIpc) is 2.65. The lowest BCUT2D eigenvalue weighted by Crippen LogP contribution is -2.19. The number of thiocarbonyl (C=S) groups is 1. The van der Waals surface area contributed by atoms with E-state index < -0.39 is 5.82 Å². The number of nitrogens with one attached hydrogen (secondary N) is 2. The molecule has 0 bridgehead atoms. The normalized spacial score (nSPS) is 10.2. The minimum Gasteiger partial charge on any atom is -0.489 e. The zero-order valence-electron chi connectivity index (χ0n) is 13.7. The first-order chi connectivity index (χ1) is 12.6. The highest BCUT2D eigenvalue weighted by Crippen LogP contribution is 2.20. The number of rotatable bonds is 5. The van der Waals surface area contributed by atoms with Crippen molar-refractivity contribution in [3.8, 4) is 5.75 Å². The number of benzene rings is 3. The fourth-order valence-electron chi connectivity index (χ4n) is 2.24. The van der Waals surface area contributed by atoms with Gasteiger partial charge in [-0.05, 0) is 60.2 Å². The second-order valence-electron chi connectivity index (χ2n) is 5.51. The molecule has 6 heteroatoms. The first-order valence-electron chi connectivity index (χ1n) is 7.90. The van der Waals surface area contributed by atoms with Crippen LogP contribution in [0.4, 0.5) is 15.8 Å². The fourth-order valence-corrected chi connectivity index (χ4v) is 2.66. The first-order valence-corrected chi connectivity index (χ1v) is 8.68. The van der Waals surface area contributed by atoms with Crippen LogP contribution >= 0.6 is 23.8 Å². The topological polar surface area (TPSA) is 33.3 Å². The van der Waals surface area contributed by atoms with E-state index in [0.29, 0.717) is 17.4 Å². The number of halogens is 2. The number of ether oxygens (including phenoxy) is 1. The summed E-state index contributed by atoms with van der Waals surface area (Å²) in [5, 5.41) is 6.43. The molecule has 2 N–H and O–H groups in total. The van der Waals surface area contributed by atoms with Crippen LogP contribution in [-0.4, -0.2) is 5.11 Å². The average molecular weight is 387 g/mol. The lowest BCUT2D eigenvalue weighted by Gasteiger charge is -2.12. The van der Waals surface area contributed by atoms with Crippen molar-refractivity contribution in [1.29, 1.82) is 0 Å². The zero-order valence-corrected chi connectivity index (χ0v) is 15.3. The molecule has 0 amide bonds. The second kappa shape index (κ2) is 8.65. The van der Waals surface area contributed by atoms with E-state index in [9.17, 15) is 4.39 Å². The molecule has 3 aromatic carbocycles. The molecule has 0 spiro atoms. The van der Waals surface area contributed by atoms with Crippen LogP contribution in [0.3, 0.4) is 0 Å². The lowest BCUT2D eigenvalue weighted by atomic mass is 10.2. The van der Waals surface area contributed by atoms with E-state index in [1.54, 1.807) is 6.07 Å². The van der Waals surface area contributed by atoms with Gasteiger partial charge in [0.15, 0.2) is 5.11 Å². The van der Waals surface area contributed by atoms with E-state index in [4.69, 9.17) is 28.6 Å². The molecule has 0 aromatic heterocycles. The predicted molar refractivity (Wildman–Crippen MR) is 108 cm³/mol. The van der Waals surface area contributed by atoms with Gasteiger partial charge in [0.2, 0.25) is 0 Å². The Bertz CT molecular complexity index is 888. The summed E-state index contributed by atoms with van der Waals surface area (Å²) in [6.45, 7) is 0.513. The van der Waals surface area contributed by atoms with Gasteiger partial charge in [-0.1, -0.05) is 41.9 Å². The molecule has 3 nitrogen and oxygen atoms in total. The molecule has 0 radical (unpaired) electrons. The van der Waals surface area contributed by atoms with E-state index in [2.05, 4.69) is 10.6 Å². The summed E-state index contributed by atoms with van der Waals surface area (Å²) in [6, 6.07) is 21.8.